The highest BCUT2D eigenvalue weighted by Crippen LogP contribution is 2.33. The van der Waals surface area contributed by atoms with E-state index in [9.17, 15) is 4.79 Å². The first kappa shape index (κ1) is 15.8. The summed E-state index contributed by atoms with van der Waals surface area (Å²) in [6.07, 6.45) is 7.18. The van der Waals surface area contributed by atoms with Gasteiger partial charge in [0, 0.05) is 6.42 Å². The molecule has 0 bridgehead atoms. The van der Waals surface area contributed by atoms with E-state index in [-0.39, 0.29) is 5.97 Å². The van der Waals surface area contributed by atoms with E-state index in [4.69, 9.17) is 4.74 Å². The number of carbonyl (C=O) groups excluding carboxylic acids is 1. The third-order valence-corrected chi connectivity index (χ3v) is 4.70. The van der Waals surface area contributed by atoms with E-state index >= 15 is 0 Å². The van der Waals surface area contributed by atoms with Gasteiger partial charge >= 0.3 is 5.97 Å². The molecule has 2 aromatic carbocycles. The van der Waals surface area contributed by atoms with Gasteiger partial charge in [0.25, 0.3) is 0 Å². The number of ether oxygens (including phenoxy) is 1. The second-order valence-corrected chi connectivity index (χ2v) is 6.31. The first-order chi connectivity index (χ1) is 11.3. The van der Waals surface area contributed by atoms with Crippen LogP contribution in [0.15, 0.2) is 48.5 Å². The average Bonchev–Trinajstić information content (AvgIpc) is 2.63. The molecule has 0 saturated heterocycles. The van der Waals surface area contributed by atoms with Crippen LogP contribution < -0.4 is 4.74 Å². The maximum absolute atomic E-state index is 11.3. The SMILES string of the molecule is CCC(=O)Oc1ccc(-c2ccc(C3CCCCC3)cc2)cc1. The summed E-state index contributed by atoms with van der Waals surface area (Å²) in [4.78, 5) is 11.3. The first-order valence-electron chi connectivity index (χ1n) is 8.67. The predicted molar refractivity (Wildman–Crippen MR) is 93.6 cm³/mol. The van der Waals surface area contributed by atoms with Crippen LogP contribution in [0.4, 0.5) is 0 Å². The topological polar surface area (TPSA) is 26.3 Å². The Hall–Kier alpha value is -2.09. The highest BCUT2D eigenvalue weighted by atomic mass is 16.5. The molecule has 2 aromatic rings. The standard InChI is InChI=1S/C21H24O2/c1-2-21(22)23-20-14-12-19(13-15-20)18-10-8-17(9-11-18)16-6-4-3-5-7-16/h8-16H,2-7H2,1H3. The lowest BCUT2D eigenvalue weighted by Crippen LogP contribution is -2.05. The summed E-state index contributed by atoms with van der Waals surface area (Å²) in [7, 11) is 0. The summed E-state index contributed by atoms with van der Waals surface area (Å²) >= 11 is 0. The van der Waals surface area contributed by atoms with Crippen molar-refractivity contribution in [2.45, 2.75) is 51.4 Å². The maximum Gasteiger partial charge on any atom is 0.310 e. The summed E-state index contributed by atoms with van der Waals surface area (Å²) < 4.78 is 5.21. The van der Waals surface area contributed by atoms with E-state index in [0.29, 0.717) is 12.2 Å². The van der Waals surface area contributed by atoms with Crippen LogP contribution in [-0.2, 0) is 4.79 Å². The minimum atomic E-state index is -0.199. The molecular weight excluding hydrogens is 284 g/mol. The Kier molecular flexibility index (Phi) is 5.12. The minimum absolute atomic E-state index is 0.199. The molecule has 2 nitrogen and oxygen atoms in total. The van der Waals surface area contributed by atoms with E-state index in [1.165, 1.54) is 43.2 Å². The molecule has 0 aliphatic heterocycles. The van der Waals surface area contributed by atoms with E-state index in [0.717, 1.165) is 11.5 Å². The minimum Gasteiger partial charge on any atom is -0.427 e. The van der Waals surface area contributed by atoms with Gasteiger partial charge in [-0.25, -0.2) is 0 Å². The smallest absolute Gasteiger partial charge is 0.310 e. The van der Waals surface area contributed by atoms with Crippen LogP contribution in [0.2, 0.25) is 0 Å². The van der Waals surface area contributed by atoms with Gasteiger partial charge in [0.15, 0.2) is 0 Å². The second kappa shape index (κ2) is 7.45. The van der Waals surface area contributed by atoms with Crippen LogP contribution >= 0.6 is 0 Å². The molecule has 120 valence electrons. The van der Waals surface area contributed by atoms with Gasteiger partial charge in [-0.05, 0) is 47.6 Å². The Morgan fingerprint density at radius 1 is 0.913 bits per heavy atom. The lowest BCUT2D eigenvalue weighted by Gasteiger charge is -2.22. The molecule has 2 heteroatoms. The number of esters is 1. The molecule has 0 N–H and O–H groups in total. The molecule has 23 heavy (non-hydrogen) atoms. The highest BCUT2D eigenvalue weighted by Gasteiger charge is 2.15. The molecule has 0 atom stereocenters. The van der Waals surface area contributed by atoms with Gasteiger partial charge in [-0.15, -0.1) is 0 Å². The van der Waals surface area contributed by atoms with Crippen LogP contribution in [0.25, 0.3) is 11.1 Å². The number of hydrogen-bond acceptors (Lipinski definition) is 2. The monoisotopic (exact) mass is 308 g/mol. The van der Waals surface area contributed by atoms with Crippen LogP contribution in [0.3, 0.4) is 0 Å². The summed E-state index contributed by atoms with van der Waals surface area (Å²) in [5.74, 6) is 1.16. The zero-order valence-electron chi connectivity index (χ0n) is 13.8. The van der Waals surface area contributed by atoms with Crippen molar-refractivity contribution in [1.29, 1.82) is 0 Å². The van der Waals surface area contributed by atoms with Crippen LogP contribution in [0.5, 0.6) is 5.75 Å². The molecule has 0 radical (unpaired) electrons. The Balaban J connectivity index is 1.70. The number of hydrogen-bond donors (Lipinski definition) is 0. The summed E-state index contributed by atoms with van der Waals surface area (Å²) in [6, 6.07) is 16.7. The van der Waals surface area contributed by atoms with Crippen molar-refractivity contribution in [2.24, 2.45) is 0 Å². The van der Waals surface area contributed by atoms with Crippen molar-refractivity contribution in [3.05, 3.63) is 54.1 Å². The normalized spacial score (nSPS) is 15.3. The molecule has 1 aliphatic rings. The van der Waals surface area contributed by atoms with Crippen molar-refractivity contribution in [3.8, 4) is 16.9 Å². The first-order valence-corrected chi connectivity index (χ1v) is 8.67. The van der Waals surface area contributed by atoms with Gasteiger partial charge in [-0.3, -0.25) is 4.79 Å². The van der Waals surface area contributed by atoms with Crippen molar-refractivity contribution < 1.29 is 9.53 Å². The van der Waals surface area contributed by atoms with Gasteiger partial charge < -0.3 is 4.74 Å². The van der Waals surface area contributed by atoms with Crippen LogP contribution in [0.1, 0.15) is 56.9 Å². The largest absolute Gasteiger partial charge is 0.427 e. The Morgan fingerprint density at radius 3 is 2.04 bits per heavy atom. The molecule has 0 aromatic heterocycles. The predicted octanol–water partition coefficient (Wildman–Crippen LogP) is 5.72. The molecule has 0 heterocycles. The number of carbonyl (C=O) groups is 1. The third kappa shape index (κ3) is 4.01. The van der Waals surface area contributed by atoms with E-state index < -0.39 is 0 Å². The van der Waals surface area contributed by atoms with Crippen molar-refractivity contribution in [2.75, 3.05) is 0 Å². The fourth-order valence-electron chi connectivity index (χ4n) is 3.30. The lowest BCUT2D eigenvalue weighted by molar-refractivity contribution is -0.134. The average molecular weight is 308 g/mol. The molecule has 0 amide bonds. The quantitative estimate of drug-likeness (QED) is 0.533. The molecule has 1 saturated carbocycles. The van der Waals surface area contributed by atoms with E-state index in [2.05, 4.69) is 24.3 Å². The van der Waals surface area contributed by atoms with E-state index in [1.807, 2.05) is 24.3 Å². The lowest BCUT2D eigenvalue weighted by atomic mass is 9.84. The number of benzene rings is 2. The van der Waals surface area contributed by atoms with Gasteiger partial charge in [0.05, 0.1) is 0 Å². The van der Waals surface area contributed by atoms with E-state index in [1.54, 1.807) is 6.92 Å². The maximum atomic E-state index is 11.3. The van der Waals surface area contributed by atoms with Gasteiger partial charge in [-0.1, -0.05) is 62.6 Å². The third-order valence-electron chi connectivity index (χ3n) is 4.70. The molecular formula is C21H24O2. The second-order valence-electron chi connectivity index (χ2n) is 6.31. The zero-order chi connectivity index (χ0) is 16.1. The summed E-state index contributed by atoms with van der Waals surface area (Å²) in [6.45, 7) is 1.80. The summed E-state index contributed by atoms with van der Waals surface area (Å²) in [5.41, 5.74) is 3.83. The zero-order valence-corrected chi connectivity index (χ0v) is 13.8. The molecule has 3 rings (SSSR count). The Bertz CT molecular complexity index is 635. The number of rotatable bonds is 4. The van der Waals surface area contributed by atoms with Crippen molar-refractivity contribution >= 4 is 5.97 Å². The van der Waals surface area contributed by atoms with Crippen LogP contribution in [0, 0.1) is 0 Å². The van der Waals surface area contributed by atoms with Gasteiger partial charge in [0.1, 0.15) is 5.75 Å². The Morgan fingerprint density at radius 2 is 1.48 bits per heavy atom. The van der Waals surface area contributed by atoms with Gasteiger partial charge in [0.2, 0.25) is 0 Å². The molecule has 0 spiro atoms. The fourth-order valence-corrected chi connectivity index (χ4v) is 3.30. The fraction of sp³-hybridized carbons (Fsp3) is 0.381. The van der Waals surface area contributed by atoms with Gasteiger partial charge in [-0.2, -0.15) is 0 Å². The Labute approximate surface area is 138 Å². The molecule has 1 aliphatic carbocycles. The van der Waals surface area contributed by atoms with Crippen molar-refractivity contribution in [1.82, 2.24) is 0 Å². The van der Waals surface area contributed by atoms with Crippen LogP contribution in [-0.4, -0.2) is 5.97 Å². The molecule has 1 fully saturated rings. The summed E-state index contributed by atoms with van der Waals surface area (Å²) in [5, 5.41) is 0. The van der Waals surface area contributed by atoms with Crippen molar-refractivity contribution in [3.63, 3.8) is 0 Å². The highest BCUT2D eigenvalue weighted by molar-refractivity contribution is 5.72. The molecule has 0 unspecified atom stereocenters.